The second kappa shape index (κ2) is 9.28. The van der Waals surface area contributed by atoms with Crippen molar-refractivity contribution in [2.75, 3.05) is 13.7 Å². The zero-order valence-corrected chi connectivity index (χ0v) is 17.3. The number of hydrogen-bond acceptors (Lipinski definition) is 4. The second-order valence-electron chi connectivity index (χ2n) is 6.81. The zero-order valence-electron chi connectivity index (χ0n) is 17.3. The predicted molar refractivity (Wildman–Crippen MR) is 112 cm³/mol. The summed E-state index contributed by atoms with van der Waals surface area (Å²) < 4.78 is 13.0. The van der Waals surface area contributed by atoms with Crippen LogP contribution in [0.4, 0.5) is 0 Å². The Kier molecular flexibility index (Phi) is 6.54. The van der Waals surface area contributed by atoms with Crippen molar-refractivity contribution in [2.24, 2.45) is 7.05 Å². The topological polar surface area (TPSA) is 56.6 Å². The van der Waals surface area contributed by atoms with E-state index >= 15 is 0 Å². The van der Waals surface area contributed by atoms with E-state index < -0.39 is 0 Å². The number of hydrogen-bond donors (Lipinski definition) is 0. The van der Waals surface area contributed by atoms with Crippen molar-refractivity contribution in [3.63, 3.8) is 0 Å². The van der Waals surface area contributed by atoms with Crippen LogP contribution in [0.15, 0.2) is 60.9 Å². The van der Waals surface area contributed by atoms with E-state index in [9.17, 15) is 4.79 Å². The molecule has 3 aromatic rings. The zero-order chi connectivity index (χ0) is 20.8. The summed E-state index contributed by atoms with van der Waals surface area (Å²) >= 11 is 0. The van der Waals surface area contributed by atoms with Crippen molar-refractivity contribution in [2.45, 2.75) is 26.5 Å². The largest absolute Gasteiger partial charge is 0.497 e. The number of methoxy groups -OCH3 is 1. The molecule has 0 bridgehead atoms. The molecule has 1 unspecified atom stereocenters. The van der Waals surface area contributed by atoms with E-state index in [4.69, 9.17) is 9.47 Å². The first-order chi connectivity index (χ1) is 14.0. The van der Waals surface area contributed by atoms with Crippen molar-refractivity contribution in [3.05, 3.63) is 77.9 Å². The van der Waals surface area contributed by atoms with Crippen molar-refractivity contribution < 1.29 is 14.3 Å². The molecular formula is C23H27N3O3. The summed E-state index contributed by atoms with van der Waals surface area (Å²) in [7, 11) is 3.57. The molecule has 0 radical (unpaired) electrons. The Morgan fingerprint density at radius 1 is 1.17 bits per heavy atom. The number of imidazole rings is 1. The number of rotatable bonds is 8. The van der Waals surface area contributed by atoms with Gasteiger partial charge in [0.2, 0.25) is 0 Å². The fraction of sp³-hybridized carbons (Fsp3) is 0.304. The molecular weight excluding hydrogens is 366 g/mol. The van der Waals surface area contributed by atoms with Gasteiger partial charge in [-0.1, -0.05) is 12.1 Å². The van der Waals surface area contributed by atoms with Crippen LogP contribution in [0.3, 0.4) is 0 Å². The number of carbonyl (C=O) groups is 1. The lowest BCUT2D eigenvalue weighted by atomic mass is 10.0. The second-order valence-corrected chi connectivity index (χ2v) is 6.81. The van der Waals surface area contributed by atoms with E-state index in [-0.39, 0.29) is 11.9 Å². The van der Waals surface area contributed by atoms with Gasteiger partial charge in [0, 0.05) is 31.5 Å². The molecule has 0 aliphatic heterocycles. The summed E-state index contributed by atoms with van der Waals surface area (Å²) in [4.78, 5) is 19.2. The highest BCUT2D eigenvalue weighted by Gasteiger charge is 2.21. The highest BCUT2D eigenvalue weighted by Crippen LogP contribution is 2.26. The molecule has 0 aliphatic carbocycles. The minimum Gasteiger partial charge on any atom is -0.497 e. The minimum atomic E-state index is -0.0676. The van der Waals surface area contributed by atoms with Crippen LogP contribution >= 0.6 is 0 Å². The summed E-state index contributed by atoms with van der Waals surface area (Å²) in [6.45, 7) is 5.00. The van der Waals surface area contributed by atoms with Gasteiger partial charge in [-0.15, -0.1) is 0 Å². The van der Waals surface area contributed by atoms with Crippen molar-refractivity contribution in [1.29, 1.82) is 0 Å². The van der Waals surface area contributed by atoms with E-state index in [2.05, 4.69) is 4.98 Å². The quantitative estimate of drug-likeness (QED) is 0.575. The molecule has 0 spiro atoms. The van der Waals surface area contributed by atoms with E-state index in [0.717, 1.165) is 17.1 Å². The van der Waals surface area contributed by atoms with Gasteiger partial charge in [-0.25, -0.2) is 4.98 Å². The van der Waals surface area contributed by atoms with Gasteiger partial charge >= 0.3 is 0 Å². The molecule has 1 heterocycles. The van der Waals surface area contributed by atoms with E-state index in [1.54, 1.807) is 25.4 Å². The van der Waals surface area contributed by atoms with Crippen LogP contribution < -0.4 is 9.47 Å². The molecule has 6 nitrogen and oxygen atoms in total. The molecule has 0 fully saturated rings. The molecule has 29 heavy (non-hydrogen) atoms. The van der Waals surface area contributed by atoms with E-state index in [0.29, 0.717) is 24.5 Å². The molecule has 1 amide bonds. The average Bonchev–Trinajstić information content (AvgIpc) is 3.17. The number of benzene rings is 2. The highest BCUT2D eigenvalue weighted by molar-refractivity contribution is 5.94. The Balaban J connectivity index is 1.69. The van der Waals surface area contributed by atoms with Crippen LogP contribution in [0.5, 0.6) is 11.5 Å². The fourth-order valence-corrected chi connectivity index (χ4v) is 3.22. The SMILES string of the molecule is CCN(C(=O)c1ccc(OCc2nccn2C)cc1)C(C)c1cccc(OC)c1. The van der Waals surface area contributed by atoms with Gasteiger partial charge in [0.1, 0.15) is 23.9 Å². The fourth-order valence-electron chi connectivity index (χ4n) is 3.22. The number of ether oxygens (including phenoxy) is 2. The van der Waals surface area contributed by atoms with Crippen LogP contribution in [0.25, 0.3) is 0 Å². The van der Waals surface area contributed by atoms with Crippen LogP contribution in [-0.4, -0.2) is 34.0 Å². The van der Waals surface area contributed by atoms with Crippen LogP contribution in [0, 0.1) is 0 Å². The third-order valence-corrected chi connectivity index (χ3v) is 5.04. The van der Waals surface area contributed by atoms with Crippen molar-refractivity contribution in [3.8, 4) is 11.5 Å². The van der Waals surface area contributed by atoms with Crippen molar-refractivity contribution in [1.82, 2.24) is 14.5 Å². The summed E-state index contributed by atoms with van der Waals surface area (Å²) in [6.07, 6.45) is 3.62. The third-order valence-electron chi connectivity index (χ3n) is 5.04. The van der Waals surface area contributed by atoms with Gasteiger partial charge < -0.3 is 18.9 Å². The summed E-state index contributed by atoms with van der Waals surface area (Å²) in [5.41, 5.74) is 1.67. The monoisotopic (exact) mass is 393 g/mol. The van der Waals surface area contributed by atoms with Gasteiger partial charge in [0.05, 0.1) is 13.2 Å². The maximum absolute atomic E-state index is 13.1. The lowest BCUT2D eigenvalue weighted by molar-refractivity contribution is 0.0702. The Hall–Kier alpha value is -3.28. The molecule has 0 saturated carbocycles. The summed E-state index contributed by atoms with van der Waals surface area (Å²) in [6, 6.07) is 15.0. The Morgan fingerprint density at radius 2 is 1.93 bits per heavy atom. The summed E-state index contributed by atoms with van der Waals surface area (Å²) in [5, 5.41) is 0. The van der Waals surface area contributed by atoms with Crippen LogP contribution in [0.1, 0.15) is 41.6 Å². The Bertz CT molecular complexity index is 950. The molecule has 0 aliphatic rings. The molecule has 1 atom stereocenters. The number of nitrogens with zero attached hydrogens (tertiary/aromatic N) is 3. The maximum atomic E-state index is 13.1. The maximum Gasteiger partial charge on any atom is 0.254 e. The average molecular weight is 393 g/mol. The molecule has 2 aromatic carbocycles. The van der Waals surface area contributed by atoms with Crippen molar-refractivity contribution >= 4 is 5.91 Å². The van der Waals surface area contributed by atoms with Crippen LogP contribution in [-0.2, 0) is 13.7 Å². The van der Waals surface area contributed by atoms with Gasteiger partial charge in [0.15, 0.2) is 0 Å². The first kappa shape index (κ1) is 20.5. The summed E-state index contributed by atoms with van der Waals surface area (Å²) in [5.74, 6) is 2.31. The first-order valence-electron chi connectivity index (χ1n) is 9.67. The highest BCUT2D eigenvalue weighted by atomic mass is 16.5. The van der Waals surface area contributed by atoms with Gasteiger partial charge in [-0.3, -0.25) is 4.79 Å². The third kappa shape index (κ3) is 4.77. The number of amides is 1. The lowest BCUT2D eigenvalue weighted by Crippen LogP contribution is -2.33. The normalized spacial score (nSPS) is 11.7. The Morgan fingerprint density at radius 3 is 2.55 bits per heavy atom. The minimum absolute atomic E-state index is 0.0153. The molecule has 3 rings (SSSR count). The molecule has 152 valence electrons. The molecule has 6 heteroatoms. The Labute approximate surface area is 171 Å². The smallest absolute Gasteiger partial charge is 0.254 e. The van der Waals surface area contributed by atoms with Gasteiger partial charge in [-0.2, -0.15) is 0 Å². The van der Waals surface area contributed by atoms with Gasteiger partial charge in [-0.05, 0) is 55.8 Å². The van der Waals surface area contributed by atoms with E-state index in [1.807, 2.05) is 73.0 Å². The number of aromatic nitrogens is 2. The molecule has 0 N–H and O–H groups in total. The molecule has 0 saturated heterocycles. The number of aryl methyl sites for hydroxylation is 1. The standard InChI is InChI=1S/C23H27N3O3/c1-5-26(17(2)19-7-6-8-21(15-19)28-4)23(27)18-9-11-20(12-10-18)29-16-22-24-13-14-25(22)3/h6-15,17H,5,16H2,1-4H3. The van der Waals surface area contributed by atoms with Crippen LogP contribution in [0.2, 0.25) is 0 Å². The molecule has 1 aromatic heterocycles. The van der Waals surface area contributed by atoms with E-state index in [1.165, 1.54) is 0 Å². The predicted octanol–water partition coefficient (Wildman–Crippen LogP) is 4.23. The van der Waals surface area contributed by atoms with Gasteiger partial charge in [0.25, 0.3) is 5.91 Å². The first-order valence-corrected chi connectivity index (χ1v) is 9.67. The lowest BCUT2D eigenvalue weighted by Gasteiger charge is -2.29. The number of carbonyl (C=O) groups excluding carboxylic acids is 1.